The molecule has 0 atom stereocenters. The Hall–Kier alpha value is -3.24. The number of aromatic nitrogens is 1. The van der Waals surface area contributed by atoms with Gasteiger partial charge in [-0.1, -0.05) is 12.5 Å². The van der Waals surface area contributed by atoms with Crippen LogP contribution in [-0.2, 0) is 9.84 Å². The summed E-state index contributed by atoms with van der Waals surface area (Å²) in [6.07, 6.45) is 3.79. The second-order valence-electron chi connectivity index (χ2n) is 10.5. The smallest absolute Gasteiger partial charge is 0.270 e. The topological polar surface area (TPSA) is 82.9 Å². The molecule has 0 bridgehead atoms. The second kappa shape index (κ2) is 9.81. The van der Waals surface area contributed by atoms with Crippen LogP contribution in [0.1, 0.15) is 40.1 Å². The van der Waals surface area contributed by atoms with E-state index in [1.54, 1.807) is 41.0 Å². The number of fused-ring (bicyclic) bond motifs is 1. The second-order valence-corrected chi connectivity index (χ2v) is 12.8. The molecule has 0 N–H and O–H groups in total. The highest BCUT2D eigenvalue weighted by atomic mass is 32.2. The van der Waals surface area contributed by atoms with Crippen molar-refractivity contribution in [3.8, 4) is 5.69 Å². The number of hydrogen-bond acceptors (Lipinski definition) is 5. The van der Waals surface area contributed by atoms with Crippen LogP contribution in [0.4, 0.5) is 4.39 Å². The average molecular weight is 539 g/mol. The molecule has 1 saturated carbocycles. The quantitative estimate of drug-likeness (QED) is 0.510. The molecule has 3 aromatic rings. The molecule has 6 rings (SSSR count). The molecular formula is C28H31FN4O4S. The lowest BCUT2D eigenvalue weighted by Gasteiger charge is -2.42. The number of piperazine rings is 1. The molecule has 3 fully saturated rings. The van der Waals surface area contributed by atoms with Gasteiger partial charge in [0.1, 0.15) is 11.5 Å². The minimum absolute atomic E-state index is 0.0345. The van der Waals surface area contributed by atoms with Crippen molar-refractivity contribution in [2.45, 2.75) is 25.3 Å². The zero-order valence-corrected chi connectivity index (χ0v) is 22.0. The molecule has 2 amide bonds. The molecule has 0 spiro atoms. The van der Waals surface area contributed by atoms with Crippen molar-refractivity contribution in [3.63, 3.8) is 0 Å². The van der Waals surface area contributed by atoms with Crippen molar-refractivity contribution >= 4 is 32.6 Å². The minimum atomic E-state index is -3.15. The third-order valence-electron chi connectivity index (χ3n) is 8.16. The van der Waals surface area contributed by atoms with Gasteiger partial charge in [-0.25, -0.2) is 12.8 Å². The molecule has 0 unspecified atom stereocenters. The fraction of sp³-hybridized carbons (Fsp3) is 0.429. The Kier molecular flexibility index (Phi) is 6.47. The first kappa shape index (κ1) is 25.1. The Morgan fingerprint density at radius 2 is 1.53 bits per heavy atom. The molecule has 10 heteroatoms. The molecular weight excluding hydrogens is 507 g/mol. The summed E-state index contributed by atoms with van der Waals surface area (Å²) in [7, 11) is -3.15. The molecule has 38 heavy (non-hydrogen) atoms. The fourth-order valence-electron chi connectivity index (χ4n) is 5.70. The first-order chi connectivity index (χ1) is 18.3. The molecule has 2 aromatic carbocycles. The Morgan fingerprint density at radius 1 is 0.816 bits per heavy atom. The Morgan fingerprint density at radius 3 is 2.18 bits per heavy atom. The predicted molar refractivity (Wildman–Crippen MR) is 143 cm³/mol. The van der Waals surface area contributed by atoms with Gasteiger partial charge in [-0.3, -0.25) is 14.5 Å². The predicted octanol–water partition coefficient (Wildman–Crippen LogP) is 2.95. The van der Waals surface area contributed by atoms with Crippen LogP contribution in [0.3, 0.4) is 0 Å². The Bertz CT molecular complexity index is 1490. The summed E-state index contributed by atoms with van der Waals surface area (Å²) in [6, 6.07) is 13.8. The van der Waals surface area contributed by atoms with Crippen LogP contribution < -0.4 is 0 Å². The molecule has 0 radical (unpaired) electrons. The number of hydrogen-bond donors (Lipinski definition) is 0. The van der Waals surface area contributed by atoms with Crippen molar-refractivity contribution in [1.82, 2.24) is 19.3 Å². The standard InChI is InChI=1S/C28H31FN4O4S/c29-22-3-1-6-24(19-22)33-25-8-7-20(27(34)31-11-9-30(10-12-31)23-4-2-5-23)17-21(25)18-26(33)28(35)32-13-15-38(36,37)16-14-32/h1,3,6-8,17-19,23H,2,4-5,9-16H2. The van der Waals surface area contributed by atoms with E-state index in [1.165, 1.54) is 36.3 Å². The molecule has 3 aliphatic rings. The largest absolute Gasteiger partial charge is 0.336 e. The summed E-state index contributed by atoms with van der Waals surface area (Å²) in [5.74, 6) is -0.940. The van der Waals surface area contributed by atoms with Gasteiger partial charge in [0.15, 0.2) is 9.84 Å². The van der Waals surface area contributed by atoms with Gasteiger partial charge < -0.3 is 14.4 Å². The maximum Gasteiger partial charge on any atom is 0.270 e. The molecule has 200 valence electrons. The fourth-order valence-corrected chi connectivity index (χ4v) is 6.90. The molecule has 1 aliphatic carbocycles. The number of halogens is 1. The van der Waals surface area contributed by atoms with Gasteiger partial charge in [0.2, 0.25) is 0 Å². The highest BCUT2D eigenvalue weighted by Gasteiger charge is 2.31. The van der Waals surface area contributed by atoms with Crippen molar-refractivity contribution < 1.29 is 22.4 Å². The maximum absolute atomic E-state index is 14.2. The summed E-state index contributed by atoms with van der Waals surface area (Å²) in [5.41, 5.74) is 2.02. The van der Waals surface area contributed by atoms with Gasteiger partial charge in [0.05, 0.1) is 17.0 Å². The maximum atomic E-state index is 14.2. The summed E-state index contributed by atoms with van der Waals surface area (Å²) in [5, 5.41) is 0.696. The van der Waals surface area contributed by atoms with Crippen molar-refractivity contribution in [3.05, 3.63) is 65.6 Å². The number of nitrogens with zero attached hydrogens (tertiary/aromatic N) is 4. The van der Waals surface area contributed by atoms with Gasteiger partial charge in [-0.05, 0) is 55.3 Å². The van der Waals surface area contributed by atoms with Crippen LogP contribution in [0.2, 0.25) is 0 Å². The van der Waals surface area contributed by atoms with Gasteiger partial charge >= 0.3 is 0 Å². The van der Waals surface area contributed by atoms with E-state index in [9.17, 15) is 22.4 Å². The van der Waals surface area contributed by atoms with E-state index in [0.29, 0.717) is 47.0 Å². The minimum Gasteiger partial charge on any atom is -0.336 e. The van der Waals surface area contributed by atoms with Gasteiger partial charge in [-0.15, -0.1) is 0 Å². The lowest BCUT2D eigenvalue weighted by Crippen LogP contribution is -2.53. The average Bonchev–Trinajstić information content (AvgIpc) is 3.26. The number of rotatable bonds is 4. The summed E-state index contributed by atoms with van der Waals surface area (Å²) in [4.78, 5) is 32.8. The van der Waals surface area contributed by atoms with E-state index in [-0.39, 0.29) is 36.4 Å². The number of carbonyl (C=O) groups excluding carboxylic acids is 2. The van der Waals surface area contributed by atoms with Crippen molar-refractivity contribution in [1.29, 1.82) is 0 Å². The van der Waals surface area contributed by atoms with Crippen LogP contribution in [0, 0.1) is 5.82 Å². The third kappa shape index (κ3) is 4.71. The van der Waals surface area contributed by atoms with Crippen molar-refractivity contribution in [2.75, 3.05) is 50.8 Å². The summed E-state index contributed by atoms with van der Waals surface area (Å²) >= 11 is 0. The first-order valence-electron chi connectivity index (χ1n) is 13.2. The van der Waals surface area contributed by atoms with E-state index in [4.69, 9.17) is 0 Å². The van der Waals surface area contributed by atoms with E-state index in [0.717, 1.165) is 13.1 Å². The highest BCUT2D eigenvalue weighted by molar-refractivity contribution is 7.91. The highest BCUT2D eigenvalue weighted by Crippen LogP contribution is 2.29. The van der Waals surface area contributed by atoms with Crippen LogP contribution in [-0.4, -0.2) is 96.3 Å². The zero-order chi connectivity index (χ0) is 26.4. The normalized spacial score (nSPS) is 20.4. The molecule has 8 nitrogen and oxygen atoms in total. The molecule has 3 heterocycles. The van der Waals surface area contributed by atoms with Crippen LogP contribution in [0.25, 0.3) is 16.6 Å². The van der Waals surface area contributed by atoms with Crippen LogP contribution in [0.5, 0.6) is 0 Å². The third-order valence-corrected chi connectivity index (χ3v) is 9.77. The first-order valence-corrected chi connectivity index (χ1v) is 15.1. The van der Waals surface area contributed by atoms with E-state index in [1.807, 2.05) is 4.90 Å². The Labute approximate surface area is 221 Å². The van der Waals surface area contributed by atoms with Gasteiger partial charge in [0, 0.05) is 61.9 Å². The Balaban J connectivity index is 1.32. The lowest BCUT2D eigenvalue weighted by molar-refractivity contribution is 0.0455. The van der Waals surface area contributed by atoms with E-state index in [2.05, 4.69) is 4.90 Å². The van der Waals surface area contributed by atoms with Crippen LogP contribution in [0.15, 0.2) is 48.5 Å². The number of carbonyl (C=O) groups is 2. The zero-order valence-electron chi connectivity index (χ0n) is 21.2. The summed E-state index contributed by atoms with van der Waals surface area (Å²) in [6.45, 7) is 3.39. The van der Waals surface area contributed by atoms with E-state index >= 15 is 0 Å². The van der Waals surface area contributed by atoms with Gasteiger partial charge in [0.25, 0.3) is 11.8 Å². The monoisotopic (exact) mass is 538 g/mol. The van der Waals surface area contributed by atoms with Gasteiger partial charge in [-0.2, -0.15) is 0 Å². The number of amides is 2. The lowest BCUT2D eigenvalue weighted by atomic mass is 9.91. The van der Waals surface area contributed by atoms with E-state index < -0.39 is 15.7 Å². The van der Waals surface area contributed by atoms with Crippen molar-refractivity contribution in [2.24, 2.45) is 0 Å². The molecule has 2 saturated heterocycles. The SMILES string of the molecule is O=C(c1ccc2c(c1)cc(C(=O)N1CCS(=O)(=O)CC1)n2-c1cccc(F)c1)N1CCN(C2CCC2)CC1. The number of sulfone groups is 1. The van der Waals surface area contributed by atoms with Crippen LogP contribution >= 0.6 is 0 Å². The summed E-state index contributed by atoms with van der Waals surface area (Å²) < 4.78 is 39.7. The molecule has 2 aliphatic heterocycles. The number of benzene rings is 2. The molecule has 1 aromatic heterocycles.